The van der Waals surface area contributed by atoms with Gasteiger partial charge in [-0.25, -0.2) is 4.99 Å². The van der Waals surface area contributed by atoms with Gasteiger partial charge in [0.25, 0.3) is 0 Å². The van der Waals surface area contributed by atoms with E-state index in [4.69, 9.17) is 0 Å². The van der Waals surface area contributed by atoms with E-state index in [1.165, 1.54) is 11.1 Å². The highest BCUT2D eigenvalue weighted by molar-refractivity contribution is 9.10. The predicted molar refractivity (Wildman–Crippen MR) is 79.4 cm³/mol. The molecule has 1 N–H and O–H groups in total. The number of guanidine groups is 1. The number of carbonyl (C=O) groups excluding carboxylic acids is 1. The molecular weight excluding hydrogens is 362 g/mol. The van der Waals surface area contributed by atoms with Crippen molar-refractivity contribution < 1.29 is 4.79 Å². The Labute approximate surface area is 124 Å². The van der Waals surface area contributed by atoms with E-state index in [2.05, 4.69) is 33.2 Å². The minimum Gasteiger partial charge on any atom is -0.326 e. The molecule has 1 fully saturated rings. The average Bonchev–Trinajstić information content (AvgIpc) is 2.58. The van der Waals surface area contributed by atoms with Gasteiger partial charge in [-0.15, -0.1) is 17.0 Å². The molecule has 2 aliphatic rings. The minimum atomic E-state index is -0.139. The molecule has 3 rings (SSSR count). The van der Waals surface area contributed by atoms with Crippen LogP contribution in [0.15, 0.2) is 21.6 Å². The van der Waals surface area contributed by atoms with Crippen molar-refractivity contribution in [1.82, 2.24) is 10.2 Å². The molecule has 0 aliphatic carbocycles. The summed E-state index contributed by atoms with van der Waals surface area (Å²) in [5, 5.41) is 2.81. The summed E-state index contributed by atoms with van der Waals surface area (Å²) in [6.45, 7) is 4.70. The Morgan fingerprint density at radius 2 is 2.22 bits per heavy atom. The summed E-state index contributed by atoms with van der Waals surface area (Å²) in [5.74, 6) is 0.699. The minimum absolute atomic E-state index is 0. The first-order chi connectivity index (χ1) is 8.08. The lowest BCUT2D eigenvalue weighted by Crippen LogP contribution is -2.35. The largest absolute Gasteiger partial charge is 0.326 e. The maximum absolute atomic E-state index is 11.6. The number of fused-ring (bicyclic) bond motifs is 2. The highest BCUT2D eigenvalue weighted by Crippen LogP contribution is 2.34. The normalized spacial score (nSPS) is 20.6. The van der Waals surface area contributed by atoms with E-state index < -0.39 is 0 Å². The maximum Gasteiger partial charge on any atom is 0.249 e. The summed E-state index contributed by atoms with van der Waals surface area (Å²) < 4.78 is 1.08. The third-order valence-corrected chi connectivity index (χ3v) is 4.28. The fraction of sp³-hybridized carbons (Fsp3) is 0.333. The first-order valence-corrected chi connectivity index (χ1v) is 6.31. The molecule has 6 heteroatoms. The van der Waals surface area contributed by atoms with E-state index in [-0.39, 0.29) is 28.9 Å². The molecule has 0 saturated carbocycles. The van der Waals surface area contributed by atoms with Gasteiger partial charge >= 0.3 is 0 Å². The standard InChI is InChI=1S/C12H12BrN3O.BrH/c1-6-8-5-16-7(2)11(17)15-12(16)14-10(8)4-3-9(6)13;/h3-4,7H,5H2,1-2H3,(H,14,15,17);1H/t7-;/m1./s1. The predicted octanol–water partition coefficient (Wildman–Crippen LogP) is 2.66. The lowest BCUT2D eigenvalue weighted by molar-refractivity contribution is -0.121. The Hall–Kier alpha value is -0.880. The lowest BCUT2D eigenvalue weighted by Gasteiger charge is -2.27. The second kappa shape index (κ2) is 4.66. The topological polar surface area (TPSA) is 44.7 Å². The van der Waals surface area contributed by atoms with Crippen molar-refractivity contribution in [3.63, 3.8) is 0 Å². The molecule has 0 radical (unpaired) electrons. The molecule has 1 aromatic rings. The Morgan fingerprint density at radius 3 is 2.94 bits per heavy atom. The van der Waals surface area contributed by atoms with Gasteiger partial charge < -0.3 is 4.90 Å². The quantitative estimate of drug-likeness (QED) is 0.758. The summed E-state index contributed by atoms with van der Waals surface area (Å²) in [6, 6.07) is 3.83. The molecule has 0 spiro atoms. The van der Waals surface area contributed by atoms with Crippen LogP contribution < -0.4 is 5.32 Å². The van der Waals surface area contributed by atoms with E-state index in [0.717, 1.165) is 16.7 Å². The van der Waals surface area contributed by atoms with Crippen LogP contribution in [0.1, 0.15) is 18.1 Å². The molecule has 1 atom stereocenters. The van der Waals surface area contributed by atoms with Crippen LogP contribution >= 0.6 is 32.9 Å². The number of nitrogens with zero attached hydrogens (tertiary/aromatic N) is 2. The van der Waals surface area contributed by atoms with Gasteiger partial charge in [0.2, 0.25) is 11.9 Å². The third kappa shape index (κ3) is 1.87. The van der Waals surface area contributed by atoms with E-state index in [9.17, 15) is 4.79 Å². The number of nitrogens with one attached hydrogen (secondary N) is 1. The zero-order valence-corrected chi connectivity index (χ0v) is 13.3. The first-order valence-electron chi connectivity index (χ1n) is 5.52. The maximum atomic E-state index is 11.6. The molecule has 2 aliphatic heterocycles. The van der Waals surface area contributed by atoms with Gasteiger partial charge in [-0.2, -0.15) is 0 Å². The van der Waals surface area contributed by atoms with E-state index in [1.54, 1.807) is 0 Å². The molecule has 0 bridgehead atoms. The van der Waals surface area contributed by atoms with Crippen molar-refractivity contribution in [3.05, 3.63) is 27.7 Å². The SMILES string of the molecule is Br.Cc1c(Br)ccc2c1CN1C(=N2)NC(=O)[C@H]1C. The summed E-state index contributed by atoms with van der Waals surface area (Å²) in [5.41, 5.74) is 3.33. The molecule has 1 aromatic carbocycles. The van der Waals surface area contributed by atoms with E-state index in [1.807, 2.05) is 24.0 Å². The van der Waals surface area contributed by atoms with Crippen LogP contribution in [0.25, 0.3) is 0 Å². The third-order valence-electron chi connectivity index (χ3n) is 3.42. The Morgan fingerprint density at radius 1 is 1.50 bits per heavy atom. The lowest BCUT2D eigenvalue weighted by atomic mass is 10.0. The molecule has 1 amide bonds. The van der Waals surface area contributed by atoms with Crippen LogP contribution in [-0.4, -0.2) is 22.8 Å². The summed E-state index contributed by atoms with van der Waals surface area (Å²) in [7, 11) is 0. The molecular formula is C12H13Br2N3O. The zero-order chi connectivity index (χ0) is 12.2. The van der Waals surface area contributed by atoms with Gasteiger partial charge in [-0.1, -0.05) is 15.9 Å². The Bertz CT molecular complexity index is 556. The number of aliphatic imine (C=N–C) groups is 1. The zero-order valence-electron chi connectivity index (χ0n) is 10.0. The molecule has 0 unspecified atom stereocenters. The van der Waals surface area contributed by atoms with Crippen molar-refractivity contribution in [2.45, 2.75) is 26.4 Å². The molecule has 0 aromatic heterocycles. The van der Waals surface area contributed by atoms with Gasteiger partial charge in [0.1, 0.15) is 6.04 Å². The van der Waals surface area contributed by atoms with Gasteiger partial charge in [0, 0.05) is 16.6 Å². The van der Waals surface area contributed by atoms with Gasteiger partial charge in [-0.05, 0) is 31.5 Å². The second-order valence-electron chi connectivity index (χ2n) is 4.40. The summed E-state index contributed by atoms with van der Waals surface area (Å²) in [6.07, 6.45) is 0. The summed E-state index contributed by atoms with van der Waals surface area (Å²) in [4.78, 5) is 18.1. The van der Waals surface area contributed by atoms with Crippen LogP contribution in [0.4, 0.5) is 5.69 Å². The van der Waals surface area contributed by atoms with Crippen LogP contribution in [-0.2, 0) is 11.3 Å². The van der Waals surface area contributed by atoms with E-state index >= 15 is 0 Å². The van der Waals surface area contributed by atoms with E-state index in [0.29, 0.717) is 5.96 Å². The Balaban J connectivity index is 0.00000120. The fourth-order valence-corrected chi connectivity index (χ4v) is 2.59. The fourth-order valence-electron chi connectivity index (χ4n) is 2.22. The van der Waals surface area contributed by atoms with Gasteiger partial charge in [-0.3, -0.25) is 10.1 Å². The number of rotatable bonds is 0. The van der Waals surface area contributed by atoms with Crippen molar-refractivity contribution in [2.24, 2.45) is 4.99 Å². The Kier molecular flexibility index (Phi) is 3.51. The second-order valence-corrected chi connectivity index (χ2v) is 5.25. The molecule has 2 heterocycles. The van der Waals surface area contributed by atoms with Crippen LogP contribution in [0, 0.1) is 6.92 Å². The summed E-state index contributed by atoms with van der Waals surface area (Å²) >= 11 is 3.52. The molecule has 1 saturated heterocycles. The molecule has 96 valence electrons. The number of benzene rings is 1. The van der Waals surface area contributed by atoms with Gasteiger partial charge in [0.15, 0.2) is 0 Å². The average molecular weight is 375 g/mol. The molecule has 4 nitrogen and oxygen atoms in total. The monoisotopic (exact) mass is 373 g/mol. The highest BCUT2D eigenvalue weighted by atomic mass is 79.9. The smallest absolute Gasteiger partial charge is 0.249 e. The number of hydrogen-bond donors (Lipinski definition) is 1. The van der Waals surface area contributed by atoms with Crippen LogP contribution in [0.2, 0.25) is 0 Å². The van der Waals surface area contributed by atoms with Crippen LogP contribution in [0.5, 0.6) is 0 Å². The van der Waals surface area contributed by atoms with Crippen molar-refractivity contribution in [1.29, 1.82) is 0 Å². The van der Waals surface area contributed by atoms with Crippen LogP contribution in [0.3, 0.4) is 0 Å². The van der Waals surface area contributed by atoms with Crippen molar-refractivity contribution in [2.75, 3.05) is 0 Å². The van der Waals surface area contributed by atoms with Gasteiger partial charge in [0.05, 0.1) is 5.69 Å². The number of amides is 1. The first kappa shape index (κ1) is 13.5. The number of hydrogen-bond acceptors (Lipinski definition) is 3. The number of halogens is 2. The van der Waals surface area contributed by atoms with Crippen molar-refractivity contribution in [3.8, 4) is 0 Å². The van der Waals surface area contributed by atoms with Crippen molar-refractivity contribution >= 4 is 50.5 Å². The highest BCUT2D eigenvalue weighted by Gasteiger charge is 2.36. The molecule has 18 heavy (non-hydrogen) atoms. The number of carbonyl (C=O) groups is 1.